The topological polar surface area (TPSA) is 51.2 Å². The molecule has 1 atom stereocenters. The number of aromatic nitrogens is 1. The quantitative estimate of drug-likeness (QED) is 0.882. The number of pyridine rings is 1. The zero-order valence-electron chi connectivity index (χ0n) is 13.9. The van der Waals surface area contributed by atoms with Crippen molar-refractivity contribution >= 4 is 5.97 Å². The molecule has 4 rings (SSSR count). The number of hydrogen-bond acceptors (Lipinski definition) is 4. The van der Waals surface area contributed by atoms with Crippen LogP contribution in [0.2, 0.25) is 0 Å². The third kappa shape index (κ3) is 2.61. The molecular weight excluding hydrogens is 300 g/mol. The predicted molar refractivity (Wildman–Crippen MR) is 92.0 cm³/mol. The number of hydrogen-bond donors (Lipinski definition) is 1. The summed E-state index contributed by atoms with van der Waals surface area (Å²) in [6, 6.07) is 10.4. The zero-order chi connectivity index (χ0) is 16.6. The van der Waals surface area contributed by atoms with Crippen LogP contribution in [0.4, 0.5) is 0 Å². The maximum atomic E-state index is 12.4. The van der Waals surface area contributed by atoms with Crippen molar-refractivity contribution in [1.29, 1.82) is 0 Å². The molecule has 1 aromatic carbocycles. The lowest BCUT2D eigenvalue weighted by atomic mass is 9.82. The number of carbonyl (C=O) groups excluding carboxylic acids is 1. The fourth-order valence-electron chi connectivity index (χ4n) is 3.91. The largest absolute Gasteiger partial charge is 0.450 e. The fraction of sp³-hybridized carbons (Fsp3) is 0.400. The summed E-state index contributed by atoms with van der Waals surface area (Å²) in [4.78, 5) is 16.6. The van der Waals surface area contributed by atoms with Crippen LogP contribution in [0, 0.1) is 0 Å². The third-order valence-electron chi connectivity index (χ3n) is 5.29. The molecule has 2 aromatic rings. The lowest BCUT2D eigenvalue weighted by Crippen LogP contribution is -2.39. The summed E-state index contributed by atoms with van der Waals surface area (Å²) in [6.45, 7) is 3.98. The fourth-order valence-corrected chi connectivity index (χ4v) is 3.91. The molecule has 0 bridgehead atoms. The Morgan fingerprint density at radius 2 is 2.12 bits per heavy atom. The van der Waals surface area contributed by atoms with Crippen molar-refractivity contribution in [3.8, 4) is 0 Å². The average Bonchev–Trinajstić information content (AvgIpc) is 2.88. The van der Waals surface area contributed by atoms with E-state index in [9.17, 15) is 4.79 Å². The van der Waals surface area contributed by atoms with Crippen LogP contribution in [0.25, 0.3) is 0 Å². The minimum atomic E-state index is -0.400. The lowest BCUT2D eigenvalue weighted by Gasteiger charge is -2.33. The average molecular weight is 322 g/mol. The second-order valence-corrected chi connectivity index (χ2v) is 6.91. The van der Waals surface area contributed by atoms with Gasteiger partial charge in [0.1, 0.15) is 5.60 Å². The molecule has 1 fully saturated rings. The smallest absolute Gasteiger partial charge is 0.339 e. The van der Waals surface area contributed by atoms with Crippen molar-refractivity contribution < 1.29 is 9.53 Å². The van der Waals surface area contributed by atoms with E-state index in [4.69, 9.17) is 4.74 Å². The molecule has 2 aliphatic rings. The molecular formula is C20H22N2O2. The number of nitrogens with one attached hydrogen (secondary N) is 1. The molecule has 24 heavy (non-hydrogen) atoms. The Kier molecular flexibility index (Phi) is 3.85. The molecule has 3 heterocycles. The summed E-state index contributed by atoms with van der Waals surface area (Å²) in [5.74, 6) is 0.166. The number of esters is 1. The minimum absolute atomic E-state index is 0.165. The van der Waals surface area contributed by atoms with Gasteiger partial charge in [-0.25, -0.2) is 4.79 Å². The van der Waals surface area contributed by atoms with Crippen LogP contribution in [-0.4, -0.2) is 24.0 Å². The zero-order valence-corrected chi connectivity index (χ0v) is 13.9. The number of fused-ring (bicyclic) bond motifs is 2. The molecule has 0 aliphatic carbocycles. The first-order valence-electron chi connectivity index (χ1n) is 8.65. The molecule has 1 aromatic heterocycles. The van der Waals surface area contributed by atoms with Gasteiger partial charge in [-0.3, -0.25) is 4.98 Å². The van der Waals surface area contributed by atoms with E-state index < -0.39 is 5.60 Å². The standard InChI is InChI=1S/C20H22N2O2/c1-14(11-15-3-2-8-22-13-15)16-4-5-18-17(12-16)19(23)24-20(18)6-9-21-10-7-20/h2-5,8,12-14,21H,6-7,9-11H2,1H3. The number of ether oxygens (including phenoxy) is 1. The summed E-state index contributed by atoms with van der Waals surface area (Å²) >= 11 is 0. The molecule has 0 amide bonds. The number of carbonyl (C=O) groups is 1. The monoisotopic (exact) mass is 322 g/mol. The lowest BCUT2D eigenvalue weighted by molar-refractivity contribution is -0.0241. The van der Waals surface area contributed by atoms with E-state index in [1.807, 2.05) is 18.3 Å². The molecule has 1 spiro atoms. The van der Waals surface area contributed by atoms with Gasteiger partial charge in [-0.2, -0.15) is 0 Å². The van der Waals surface area contributed by atoms with Gasteiger partial charge in [0.25, 0.3) is 0 Å². The first-order valence-corrected chi connectivity index (χ1v) is 8.65. The molecule has 0 saturated carbocycles. The van der Waals surface area contributed by atoms with Crippen LogP contribution in [0.15, 0.2) is 42.7 Å². The molecule has 1 saturated heterocycles. The van der Waals surface area contributed by atoms with Crippen LogP contribution in [0.1, 0.15) is 52.7 Å². The Labute approximate surface area is 142 Å². The summed E-state index contributed by atoms with van der Waals surface area (Å²) in [6.07, 6.45) is 6.32. The van der Waals surface area contributed by atoms with E-state index in [0.717, 1.165) is 43.5 Å². The van der Waals surface area contributed by atoms with Gasteiger partial charge in [-0.1, -0.05) is 25.1 Å². The van der Waals surface area contributed by atoms with Gasteiger partial charge in [0.05, 0.1) is 5.56 Å². The van der Waals surface area contributed by atoms with E-state index in [0.29, 0.717) is 5.92 Å². The number of nitrogens with zero attached hydrogens (tertiary/aromatic N) is 1. The van der Waals surface area contributed by atoms with Crippen LogP contribution in [0.3, 0.4) is 0 Å². The van der Waals surface area contributed by atoms with Crippen molar-refractivity contribution in [1.82, 2.24) is 10.3 Å². The highest BCUT2D eigenvalue weighted by atomic mass is 16.6. The van der Waals surface area contributed by atoms with Crippen molar-refractivity contribution in [2.24, 2.45) is 0 Å². The summed E-state index contributed by atoms with van der Waals surface area (Å²) < 4.78 is 5.82. The van der Waals surface area contributed by atoms with Gasteiger partial charge >= 0.3 is 5.97 Å². The van der Waals surface area contributed by atoms with E-state index >= 15 is 0 Å². The van der Waals surface area contributed by atoms with Crippen molar-refractivity contribution in [3.05, 3.63) is 65.0 Å². The number of rotatable bonds is 3. The highest BCUT2D eigenvalue weighted by Gasteiger charge is 2.46. The molecule has 1 unspecified atom stereocenters. The number of benzene rings is 1. The van der Waals surface area contributed by atoms with Crippen LogP contribution in [-0.2, 0) is 16.8 Å². The van der Waals surface area contributed by atoms with Crippen molar-refractivity contribution in [2.75, 3.05) is 13.1 Å². The highest BCUT2D eigenvalue weighted by Crippen LogP contribution is 2.43. The maximum absolute atomic E-state index is 12.4. The SMILES string of the molecule is CC(Cc1cccnc1)c1ccc2c(c1)C(=O)OC21CCNCC1. The Morgan fingerprint density at radius 1 is 1.29 bits per heavy atom. The first kappa shape index (κ1) is 15.3. The molecule has 1 N–H and O–H groups in total. The third-order valence-corrected chi connectivity index (χ3v) is 5.29. The first-order chi connectivity index (χ1) is 11.7. The van der Waals surface area contributed by atoms with E-state index in [2.05, 4.69) is 35.4 Å². The number of piperidine rings is 1. The summed E-state index contributed by atoms with van der Waals surface area (Å²) in [5, 5.41) is 3.34. The summed E-state index contributed by atoms with van der Waals surface area (Å²) in [7, 11) is 0. The molecule has 4 nitrogen and oxygen atoms in total. The van der Waals surface area contributed by atoms with Gasteiger partial charge in [-0.05, 0) is 48.7 Å². The molecule has 2 aliphatic heterocycles. The van der Waals surface area contributed by atoms with Gasteiger partial charge in [-0.15, -0.1) is 0 Å². The Morgan fingerprint density at radius 3 is 2.88 bits per heavy atom. The van der Waals surface area contributed by atoms with Gasteiger partial charge < -0.3 is 10.1 Å². The second kappa shape index (κ2) is 6.02. The minimum Gasteiger partial charge on any atom is -0.450 e. The van der Waals surface area contributed by atoms with Gasteiger partial charge in [0.2, 0.25) is 0 Å². The normalized spacial score (nSPS) is 19.8. The second-order valence-electron chi connectivity index (χ2n) is 6.91. The van der Waals surface area contributed by atoms with Crippen LogP contribution >= 0.6 is 0 Å². The molecule has 124 valence electrons. The Balaban J connectivity index is 1.61. The van der Waals surface area contributed by atoms with Gasteiger partial charge in [0.15, 0.2) is 0 Å². The van der Waals surface area contributed by atoms with Gasteiger partial charge in [0, 0.05) is 30.8 Å². The van der Waals surface area contributed by atoms with Crippen LogP contribution < -0.4 is 5.32 Å². The highest BCUT2D eigenvalue weighted by molar-refractivity contribution is 5.95. The summed E-state index contributed by atoms with van der Waals surface area (Å²) in [5.41, 5.74) is 3.82. The Bertz CT molecular complexity index is 751. The molecule has 0 radical (unpaired) electrons. The molecule has 4 heteroatoms. The van der Waals surface area contributed by atoms with Crippen LogP contribution in [0.5, 0.6) is 0 Å². The van der Waals surface area contributed by atoms with E-state index in [1.165, 1.54) is 11.1 Å². The van der Waals surface area contributed by atoms with Crippen molar-refractivity contribution in [3.63, 3.8) is 0 Å². The van der Waals surface area contributed by atoms with E-state index in [1.54, 1.807) is 6.20 Å². The van der Waals surface area contributed by atoms with Crippen molar-refractivity contribution in [2.45, 2.75) is 37.7 Å². The maximum Gasteiger partial charge on any atom is 0.339 e. The predicted octanol–water partition coefficient (Wildman–Crippen LogP) is 3.18. The van der Waals surface area contributed by atoms with E-state index in [-0.39, 0.29) is 5.97 Å². The Hall–Kier alpha value is -2.20.